The largest absolute Gasteiger partial charge is 0.438 e. The van der Waals surface area contributed by atoms with Gasteiger partial charge in [-0.1, -0.05) is 18.9 Å². The van der Waals surface area contributed by atoms with E-state index in [-0.39, 0.29) is 0 Å². The summed E-state index contributed by atoms with van der Waals surface area (Å²) in [4.78, 5) is 2.71. The van der Waals surface area contributed by atoms with Crippen LogP contribution in [0.25, 0.3) is 0 Å². The zero-order chi connectivity index (χ0) is 16.4. The fourth-order valence-corrected chi connectivity index (χ4v) is 3.98. The predicted octanol–water partition coefficient (Wildman–Crippen LogP) is 3.92. The lowest BCUT2D eigenvalue weighted by molar-refractivity contribution is 0.208. The number of hydrogen-bond donors (Lipinski definition) is 0. The summed E-state index contributed by atoms with van der Waals surface area (Å²) >= 11 is 0. The Balaban J connectivity index is 1.47. The number of hydrogen-bond acceptors (Lipinski definition) is 4. The van der Waals surface area contributed by atoms with Gasteiger partial charge >= 0.3 is 0 Å². The van der Waals surface area contributed by atoms with Crippen molar-refractivity contribution in [2.24, 2.45) is 0 Å². The van der Waals surface area contributed by atoms with Crippen LogP contribution >= 0.6 is 0 Å². The first-order valence-corrected chi connectivity index (χ1v) is 9.12. The Bertz CT molecular complexity index is 693. The Labute approximate surface area is 143 Å². The van der Waals surface area contributed by atoms with Gasteiger partial charge in [0, 0.05) is 25.2 Å². The van der Waals surface area contributed by atoms with Crippen molar-refractivity contribution in [1.29, 1.82) is 0 Å². The lowest BCUT2D eigenvalue weighted by atomic mass is 10.0. The summed E-state index contributed by atoms with van der Waals surface area (Å²) in [5, 5.41) is 8.14. The summed E-state index contributed by atoms with van der Waals surface area (Å²) in [6.07, 6.45) is 7.85. The Morgan fingerprint density at radius 3 is 2.50 bits per heavy atom. The second kappa shape index (κ2) is 6.89. The van der Waals surface area contributed by atoms with Crippen LogP contribution in [-0.4, -0.2) is 34.2 Å². The molecule has 1 fully saturated rings. The molecule has 1 aliphatic carbocycles. The molecule has 4 rings (SSSR count). The summed E-state index contributed by atoms with van der Waals surface area (Å²) < 4.78 is 5.88. The standard InChI is InChI=1S/C20H25N3O/c1-15-6-9-20(22-21-15)24-19-8-7-16-10-12-23(13-11-17(16)14-19)18-4-2-3-5-18/h6-9,14,18H,2-5,10-13H2,1H3. The van der Waals surface area contributed by atoms with Crippen LogP contribution in [0.15, 0.2) is 30.3 Å². The van der Waals surface area contributed by atoms with Crippen molar-refractivity contribution >= 4 is 0 Å². The Morgan fingerprint density at radius 2 is 1.75 bits per heavy atom. The van der Waals surface area contributed by atoms with Crippen LogP contribution in [0.4, 0.5) is 0 Å². The molecule has 2 heterocycles. The van der Waals surface area contributed by atoms with Crippen LogP contribution in [0.5, 0.6) is 11.6 Å². The fraction of sp³-hybridized carbons (Fsp3) is 0.500. The highest BCUT2D eigenvalue weighted by Crippen LogP contribution is 2.28. The van der Waals surface area contributed by atoms with Gasteiger partial charge in [0.25, 0.3) is 0 Å². The molecule has 4 nitrogen and oxygen atoms in total. The molecule has 2 aliphatic rings. The summed E-state index contributed by atoms with van der Waals surface area (Å²) in [6, 6.07) is 11.1. The number of fused-ring (bicyclic) bond motifs is 1. The second-order valence-electron chi connectivity index (χ2n) is 7.02. The van der Waals surface area contributed by atoms with E-state index in [1.165, 1.54) is 49.9 Å². The topological polar surface area (TPSA) is 38.2 Å². The van der Waals surface area contributed by atoms with Crippen molar-refractivity contribution in [3.05, 3.63) is 47.2 Å². The first-order chi connectivity index (χ1) is 11.8. The van der Waals surface area contributed by atoms with E-state index in [0.29, 0.717) is 5.88 Å². The number of rotatable bonds is 3. The van der Waals surface area contributed by atoms with Crippen LogP contribution in [0, 0.1) is 6.92 Å². The molecule has 1 aromatic heterocycles. The van der Waals surface area contributed by atoms with Crippen molar-refractivity contribution in [2.75, 3.05) is 13.1 Å². The van der Waals surface area contributed by atoms with Crippen LogP contribution in [-0.2, 0) is 12.8 Å². The van der Waals surface area contributed by atoms with Gasteiger partial charge in [0.15, 0.2) is 0 Å². The highest BCUT2D eigenvalue weighted by Gasteiger charge is 2.24. The van der Waals surface area contributed by atoms with Crippen molar-refractivity contribution in [3.63, 3.8) is 0 Å². The lowest BCUT2D eigenvalue weighted by Crippen LogP contribution is -2.35. The zero-order valence-electron chi connectivity index (χ0n) is 14.4. The molecule has 2 aromatic rings. The average molecular weight is 323 g/mol. The zero-order valence-corrected chi connectivity index (χ0v) is 14.4. The van der Waals surface area contributed by atoms with Gasteiger partial charge in [-0.3, -0.25) is 4.90 Å². The molecule has 0 bridgehead atoms. The lowest BCUT2D eigenvalue weighted by Gasteiger charge is -2.26. The maximum atomic E-state index is 5.88. The maximum Gasteiger partial charge on any atom is 0.238 e. The van der Waals surface area contributed by atoms with Crippen LogP contribution in [0.2, 0.25) is 0 Å². The average Bonchev–Trinajstić information content (AvgIpc) is 3.05. The van der Waals surface area contributed by atoms with Gasteiger partial charge in [-0.25, -0.2) is 0 Å². The van der Waals surface area contributed by atoms with Gasteiger partial charge in [-0.05, 0) is 61.9 Å². The Hall–Kier alpha value is -1.94. The van der Waals surface area contributed by atoms with E-state index in [9.17, 15) is 0 Å². The monoisotopic (exact) mass is 323 g/mol. The minimum absolute atomic E-state index is 0.557. The normalized spacial score (nSPS) is 19.0. The van der Waals surface area contributed by atoms with Crippen molar-refractivity contribution in [2.45, 2.75) is 51.5 Å². The molecule has 0 N–H and O–H groups in total. The summed E-state index contributed by atoms with van der Waals surface area (Å²) in [7, 11) is 0. The van der Waals surface area contributed by atoms with E-state index in [2.05, 4.69) is 33.3 Å². The van der Waals surface area contributed by atoms with Crippen LogP contribution < -0.4 is 4.74 Å². The van der Waals surface area contributed by atoms with Gasteiger partial charge in [0.2, 0.25) is 5.88 Å². The Kier molecular flexibility index (Phi) is 4.48. The highest BCUT2D eigenvalue weighted by molar-refractivity contribution is 5.38. The third-order valence-corrected chi connectivity index (χ3v) is 5.35. The van der Waals surface area contributed by atoms with E-state index in [1.807, 2.05) is 19.1 Å². The second-order valence-corrected chi connectivity index (χ2v) is 7.02. The molecule has 0 unspecified atom stereocenters. The molecule has 24 heavy (non-hydrogen) atoms. The number of aromatic nitrogens is 2. The van der Waals surface area contributed by atoms with Crippen LogP contribution in [0.3, 0.4) is 0 Å². The molecule has 126 valence electrons. The molecule has 1 aromatic carbocycles. The molecule has 0 saturated heterocycles. The van der Waals surface area contributed by atoms with Gasteiger partial charge in [0.1, 0.15) is 5.75 Å². The van der Waals surface area contributed by atoms with Crippen molar-refractivity contribution in [3.8, 4) is 11.6 Å². The SMILES string of the molecule is Cc1ccc(Oc2ccc3c(c2)CCN(C2CCCC2)CC3)nn1. The Morgan fingerprint density at radius 1 is 0.958 bits per heavy atom. The summed E-state index contributed by atoms with van der Waals surface area (Å²) in [6.45, 7) is 4.29. The predicted molar refractivity (Wildman–Crippen MR) is 94.5 cm³/mol. The van der Waals surface area contributed by atoms with E-state index < -0.39 is 0 Å². The van der Waals surface area contributed by atoms with Crippen molar-refractivity contribution in [1.82, 2.24) is 15.1 Å². The van der Waals surface area contributed by atoms with Crippen LogP contribution in [0.1, 0.15) is 42.5 Å². The van der Waals surface area contributed by atoms with Gasteiger partial charge in [-0.2, -0.15) is 5.10 Å². The molecule has 0 spiro atoms. The molecule has 0 radical (unpaired) electrons. The smallest absolute Gasteiger partial charge is 0.238 e. The number of aryl methyl sites for hydroxylation is 1. The van der Waals surface area contributed by atoms with E-state index >= 15 is 0 Å². The molecule has 1 saturated carbocycles. The number of nitrogens with zero attached hydrogens (tertiary/aromatic N) is 3. The van der Waals surface area contributed by atoms with Gasteiger partial charge < -0.3 is 4.74 Å². The van der Waals surface area contributed by atoms with E-state index in [0.717, 1.165) is 30.3 Å². The minimum Gasteiger partial charge on any atom is -0.438 e. The van der Waals surface area contributed by atoms with Gasteiger partial charge in [0.05, 0.1) is 5.69 Å². The molecule has 0 atom stereocenters. The molecule has 1 aliphatic heterocycles. The quantitative estimate of drug-likeness (QED) is 0.858. The summed E-state index contributed by atoms with van der Waals surface area (Å²) in [5.41, 5.74) is 3.79. The van der Waals surface area contributed by atoms with E-state index in [4.69, 9.17) is 4.74 Å². The minimum atomic E-state index is 0.557. The fourth-order valence-electron chi connectivity index (χ4n) is 3.98. The molecule has 4 heteroatoms. The first kappa shape index (κ1) is 15.6. The van der Waals surface area contributed by atoms with Crippen molar-refractivity contribution < 1.29 is 4.74 Å². The molecular weight excluding hydrogens is 298 g/mol. The molecular formula is C20H25N3O. The molecule has 0 amide bonds. The first-order valence-electron chi connectivity index (χ1n) is 9.12. The van der Waals surface area contributed by atoms with E-state index in [1.54, 1.807) is 0 Å². The maximum absolute atomic E-state index is 5.88. The number of ether oxygens (including phenoxy) is 1. The highest BCUT2D eigenvalue weighted by atomic mass is 16.5. The van der Waals surface area contributed by atoms with Gasteiger partial charge in [-0.15, -0.1) is 5.10 Å². The number of benzene rings is 1. The third-order valence-electron chi connectivity index (χ3n) is 5.35. The third kappa shape index (κ3) is 3.44. The summed E-state index contributed by atoms with van der Waals surface area (Å²) in [5.74, 6) is 1.42.